The Morgan fingerprint density at radius 3 is 2.00 bits per heavy atom. The van der Waals surface area contributed by atoms with Crippen LogP contribution >= 0.6 is 0 Å². The molecule has 1 saturated carbocycles. The molecule has 0 N–H and O–H groups in total. The van der Waals surface area contributed by atoms with E-state index in [1.54, 1.807) is 14.2 Å². The van der Waals surface area contributed by atoms with Crippen molar-refractivity contribution in [1.29, 1.82) is 0 Å². The van der Waals surface area contributed by atoms with E-state index in [2.05, 4.69) is 19.1 Å². The van der Waals surface area contributed by atoms with Crippen molar-refractivity contribution >= 4 is 0 Å². The Hall–Kier alpha value is -1.18. The molecule has 1 aromatic rings. The topological polar surface area (TPSA) is 18.5 Å². The van der Waals surface area contributed by atoms with Crippen molar-refractivity contribution in [3.63, 3.8) is 0 Å². The highest BCUT2D eigenvalue weighted by Crippen LogP contribution is 2.49. The van der Waals surface area contributed by atoms with E-state index in [-0.39, 0.29) is 0 Å². The zero-order valence-corrected chi connectivity index (χ0v) is 13.9. The van der Waals surface area contributed by atoms with Gasteiger partial charge in [-0.15, -0.1) is 0 Å². The summed E-state index contributed by atoms with van der Waals surface area (Å²) >= 11 is 0. The Balaban J connectivity index is 2.05. The maximum Gasteiger partial charge on any atom is 0.122 e. The highest BCUT2D eigenvalue weighted by molar-refractivity contribution is 5.42. The van der Waals surface area contributed by atoms with Crippen LogP contribution in [0.4, 0.5) is 0 Å². The van der Waals surface area contributed by atoms with E-state index in [0.29, 0.717) is 5.41 Å². The molecule has 1 aliphatic carbocycles. The van der Waals surface area contributed by atoms with Crippen molar-refractivity contribution < 1.29 is 9.47 Å². The predicted molar refractivity (Wildman–Crippen MR) is 88.5 cm³/mol. The van der Waals surface area contributed by atoms with Gasteiger partial charge in [-0.1, -0.05) is 45.4 Å². The molecule has 118 valence electrons. The highest BCUT2D eigenvalue weighted by Gasteiger charge is 2.38. The standard InChI is InChI=1S/C19H30O2/c1-4-5-6-7-8-10-19(11-9-12-19)16-13-17(20-2)15-18(14-16)21-3/h13-15H,4-12H2,1-3H3. The number of rotatable bonds is 9. The van der Waals surface area contributed by atoms with Crippen LogP contribution in [-0.4, -0.2) is 14.2 Å². The lowest BCUT2D eigenvalue weighted by atomic mass is 9.62. The maximum atomic E-state index is 5.44. The molecule has 2 nitrogen and oxygen atoms in total. The fraction of sp³-hybridized carbons (Fsp3) is 0.684. The molecule has 0 spiro atoms. The second-order valence-electron chi connectivity index (χ2n) is 6.40. The minimum Gasteiger partial charge on any atom is -0.497 e. The van der Waals surface area contributed by atoms with Gasteiger partial charge in [0.15, 0.2) is 0 Å². The molecule has 0 radical (unpaired) electrons. The van der Waals surface area contributed by atoms with Crippen LogP contribution in [-0.2, 0) is 5.41 Å². The first-order valence-electron chi connectivity index (χ1n) is 8.47. The van der Waals surface area contributed by atoms with Gasteiger partial charge in [0, 0.05) is 6.07 Å². The van der Waals surface area contributed by atoms with E-state index in [0.717, 1.165) is 11.5 Å². The van der Waals surface area contributed by atoms with Crippen molar-refractivity contribution in [2.75, 3.05) is 14.2 Å². The molecule has 2 rings (SSSR count). The van der Waals surface area contributed by atoms with Gasteiger partial charge in [-0.05, 0) is 42.4 Å². The molecule has 0 aromatic heterocycles. The second kappa shape index (κ2) is 7.72. The molecule has 1 aromatic carbocycles. The molecule has 0 saturated heterocycles. The Morgan fingerprint density at radius 2 is 1.52 bits per heavy atom. The molecule has 0 aliphatic heterocycles. The maximum absolute atomic E-state index is 5.44. The van der Waals surface area contributed by atoms with Crippen LogP contribution < -0.4 is 9.47 Å². The van der Waals surface area contributed by atoms with Crippen molar-refractivity contribution in [2.24, 2.45) is 0 Å². The SMILES string of the molecule is CCCCCCCC1(c2cc(OC)cc(OC)c2)CCC1. The number of unbranched alkanes of at least 4 members (excludes halogenated alkanes) is 4. The summed E-state index contributed by atoms with van der Waals surface area (Å²) < 4.78 is 10.9. The van der Waals surface area contributed by atoms with Gasteiger partial charge in [-0.3, -0.25) is 0 Å². The van der Waals surface area contributed by atoms with E-state index in [1.807, 2.05) is 6.07 Å². The van der Waals surface area contributed by atoms with Gasteiger partial charge in [0.25, 0.3) is 0 Å². The minimum atomic E-state index is 0.383. The number of ether oxygens (including phenoxy) is 2. The Labute approximate surface area is 129 Å². The third kappa shape index (κ3) is 3.93. The van der Waals surface area contributed by atoms with Gasteiger partial charge in [0.1, 0.15) is 11.5 Å². The van der Waals surface area contributed by atoms with Crippen LogP contribution in [0.5, 0.6) is 11.5 Å². The Bertz CT molecular complexity index is 413. The van der Waals surface area contributed by atoms with E-state index in [1.165, 1.54) is 63.4 Å². The Kier molecular flexibility index (Phi) is 5.96. The number of hydrogen-bond donors (Lipinski definition) is 0. The lowest BCUT2D eigenvalue weighted by molar-refractivity contribution is 0.217. The quantitative estimate of drug-likeness (QED) is 0.560. The van der Waals surface area contributed by atoms with Gasteiger partial charge in [0.2, 0.25) is 0 Å². The van der Waals surface area contributed by atoms with Crippen molar-refractivity contribution in [2.45, 2.75) is 70.1 Å². The summed E-state index contributed by atoms with van der Waals surface area (Å²) in [4.78, 5) is 0. The van der Waals surface area contributed by atoms with E-state index < -0.39 is 0 Å². The smallest absolute Gasteiger partial charge is 0.122 e. The molecule has 0 heterocycles. The first-order chi connectivity index (χ1) is 10.2. The summed E-state index contributed by atoms with van der Waals surface area (Å²) in [5.41, 5.74) is 1.80. The molecule has 1 aliphatic rings. The van der Waals surface area contributed by atoms with E-state index in [4.69, 9.17) is 9.47 Å². The minimum absolute atomic E-state index is 0.383. The van der Waals surface area contributed by atoms with Gasteiger partial charge in [0.05, 0.1) is 14.2 Å². The van der Waals surface area contributed by atoms with Crippen LogP contribution in [0.2, 0.25) is 0 Å². The zero-order valence-electron chi connectivity index (χ0n) is 13.9. The summed E-state index contributed by atoms with van der Waals surface area (Å²) in [5, 5.41) is 0. The van der Waals surface area contributed by atoms with Gasteiger partial charge in [-0.25, -0.2) is 0 Å². The predicted octanol–water partition coefficient (Wildman–Crippen LogP) is 5.49. The molecular weight excluding hydrogens is 260 g/mol. The monoisotopic (exact) mass is 290 g/mol. The third-order valence-corrected chi connectivity index (χ3v) is 5.03. The van der Waals surface area contributed by atoms with Gasteiger partial charge < -0.3 is 9.47 Å². The molecule has 0 amide bonds. The fourth-order valence-electron chi connectivity index (χ4n) is 3.47. The number of hydrogen-bond acceptors (Lipinski definition) is 2. The summed E-state index contributed by atoms with van der Waals surface area (Å²) in [6, 6.07) is 6.40. The molecular formula is C19H30O2. The van der Waals surface area contributed by atoms with Crippen LogP contribution in [0.3, 0.4) is 0 Å². The molecule has 0 unspecified atom stereocenters. The highest BCUT2D eigenvalue weighted by atomic mass is 16.5. The average molecular weight is 290 g/mol. The zero-order chi connectivity index (χ0) is 15.1. The van der Waals surface area contributed by atoms with Crippen molar-refractivity contribution in [3.05, 3.63) is 23.8 Å². The lowest BCUT2D eigenvalue weighted by Gasteiger charge is -2.43. The Morgan fingerprint density at radius 1 is 0.905 bits per heavy atom. The average Bonchev–Trinajstić information content (AvgIpc) is 2.48. The summed E-state index contributed by atoms with van der Waals surface area (Å²) in [5.74, 6) is 1.84. The van der Waals surface area contributed by atoms with Crippen LogP contribution in [0.1, 0.15) is 70.3 Å². The van der Waals surface area contributed by atoms with Crippen molar-refractivity contribution in [3.8, 4) is 11.5 Å². The third-order valence-electron chi connectivity index (χ3n) is 5.03. The molecule has 0 atom stereocenters. The van der Waals surface area contributed by atoms with E-state index >= 15 is 0 Å². The number of methoxy groups -OCH3 is 2. The summed E-state index contributed by atoms with van der Waals surface area (Å²) in [6.45, 7) is 2.27. The molecule has 1 fully saturated rings. The molecule has 0 bridgehead atoms. The van der Waals surface area contributed by atoms with Crippen LogP contribution in [0.25, 0.3) is 0 Å². The van der Waals surface area contributed by atoms with Crippen molar-refractivity contribution in [1.82, 2.24) is 0 Å². The molecule has 2 heteroatoms. The lowest BCUT2D eigenvalue weighted by Crippen LogP contribution is -2.34. The first-order valence-corrected chi connectivity index (χ1v) is 8.47. The first kappa shape index (κ1) is 16.2. The van der Waals surface area contributed by atoms with Gasteiger partial charge in [-0.2, -0.15) is 0 Å². The largest absolute Gasteiger partial charge is 0.497 e. The van der Waals surface area contributed by atoms with Crippen LogP contribution in [0, 0.1) is 0 Å². The normalized spacial score (nSPS) is 16.3. The fourth-order valence-corrected chi connectivity index (χ4v) is 3.47. The number of benzene rings is 1. The van der Waals surface area contributed by atoms with Gasteiger partial charge >= 0.3 is 0 Å². The summed E-state index contributed by atoms with van der Waals surface area (Å²) in [6.07, 6.45) is 12.1. The van der Waals surface area contributed by atoms with E-state index in [9.17, 15) is 0 Å². The van der Waals surface area contributed by atoms with Crippen LogP contribution in [0.15, 0.2) is 18.2 Å². The summed E-state index contributed by atoms with van der Waals surface area (Å²) in [7, 11) is 3.47. The second-order valence-corrected chi connectivity index (χ2v) is 6.40. The molecule has 21 heavy (non-hydrogen) atoms.